The van der Waals surface area contributed by atoms with Gasteiger partial charge in [0.05, 0.1) is 17.4 Å². The molecular formula is C8H11ClOS2. The van der Waals surface area contributed by atoms with Crippen LogP contribution in [-0.4, -0.2) is 24.8 Å². The molecule has 4 heteroatoms. The number of halogens is 1. The van der Waals surface area contributed by atoms with Crippen LogP contribution in [0.15, 0.2) is 21.7 Å². The van der Waals surface area contributed by atoms with Gasteiger partial charge in [-0.05, 0) is 11.4 Å². The van der Waals surface area contributed by atoms with Gasteiger partial charge in [-0.25, -0.2) is 0 Å². The van der Waals surface area contributed by atoms with Crippen LogP contribution in [0.25, 0.3) is 0 Å². The number of ether oxygens (including phenoxy) is 1. The highest BCUT2D eigenvalue weighted by Gasteiger charge is 1.93. The minimum absolute atomic E-state index is 0.587. The molecule has 1 heterocycles. The molecule has 0 fully saturated rings. The van der Waals surface area contributed by atoms with E-state index in [0.29, 0.717) is 12.5 Å². The van der Waals surface area contributed by atoms with Crippen LogP contribution in [0.5, 0.6) is 0 Å². The molecule has 0 spiro atoms. The van der Waals surface area contributed by atoms with Gasteiger partial charge in [-0.15, -0.1) is 34.7 Å². The Morgan fingerprint density at radius 2 is 2.42 bits per heavy atom. The van der Waals surface area contributed by atoms with Crippen LogP contribution in [0.2, 0.25) is 0 Å². The monoisotopic (exact) mass is 222 g/mol. The lowest BCUT2D eigenvalue weighted by atomic mass is 10.7. The highest BCUT2D eigenvalue weighted by atomic mass is 35.5. The summed E-state index contributed by atoms with van der Waals surface area (Å²) < 4.78 is 6.58. The zero-order valence-corrected chi connectivity index (χ0v) is 9.05. The van der Waals surface area contributed by atoms with E-state index in [2.05, 4.69) is 17.5 Å². The Labute approximate surface area is 86.1 Å². The smallest absolute Gasteiger partial charge is 0.0602 e. The molecular weight excluding hydrogens is 212 g/mol. The molecule has 12 heavy (non-hydrogen) atoms. The van der Waals surface area contributed by atoms with Crippen LogP contribution in [0, 0.1) is 0 Å². The van der Waals surface area contributed by atoms with Crippen molar-refractivity contribution in [2.24, 2.45) is 0 Å². The molecule has 0 saturated carbocycles. The van der Waals surface area contributed by atoms with Gasteiger partial charge in [-0.2, -0.15) is 0 Å². The number of alkyl halides is 1. The molecule has 0 amide bonds. The first-order valence-corrected chi connectivity index (χ1v) is 6.13. The van der Waals surface area contributed by atoms with Crippen LogP contribution in [0.1, 0.15) is 0 Å². The minimum Gasteiger partial charge on any atom is -0.379 e. The van der Waals surface area contributed by atoms with Crippen molar-refractivity contribution >= 4 is 34.7 Å². The zero-order valence-electron chi connectivity index (χ0n) is 6.66. The summed E-state index contributed by atoms with van der Waals surface area (Å²) in [4.78, 5) is 0. The molecule has 0 atom stereocenters. The Bertz CT molecular complexity index is 189. The van der Waals surface area contributed by atoms with Gasteiger partial charge in [-0.1, -0.05) is 6.07 Å². The Balaban J connectivity index is 1.96. The molecule has 0 radical (unpaired) electrons. The first-order chi connectivity index (χ1) is 5.93. The lowest BCUT2D eigenvalue weighted by Gasteiger charge is -1.99. The summed E-state index contributed by atoms with van der Waals surface area (Å²) >= 11 is 9.05. The Kier molecular flexibility index (Phi) is 5.86. The van der Waals surface area contributed by atoms with Gasteiger partial charge in [-0.3, -0.25) is 0 Å². The fraction of sp³-hybridized carbons (Fsp3) is 0.500. The van der Waals surface area contributed by atoms with Gasteiger partial charge in [0.2, 0.25) is 0 Å². The average molecular weight is 223 g/mol. The summed E-state index contributed by atoms with van der Waals surface area (Å²) in [6, 6.07) is 4.18. The largest absolute Gasteiger partial charge is 0.379 e. The summed E-state index contributed by atoms with van der Waals surface area (Å²) in [5.74, 6) is 1.60. The molecule has 1 rings (SSSR count). The van der Waals surface area contributed by atoms with Gasteiger partial charge >= 0.3 is 0 Å². The van der Waals surface area contributed by atoms with Crippen molar-refractivity contribution in [2.75, 3.05) is 24.8 Å². The molecule has 1 aromatic heterocycles. The van der Waals surface area contributed by atoms with E-state index in [4.69, 9.17) is 16.3 Å². The third kappa shape index (κ3) is 4.36. The third-order valence-corrected chi connectivity index (χ3v) is 3.44. The second-order valence-corrected chi connectivity index (χ2v) is 4.80. The molecule has 68 valence electrons. The minimum atomic E-state index is 0.587. The van der Waals surface area contributed by atoms with Crippen molar-refractivity contribution in [3.63, 3.8) is 0 Å². The van der Waals surface area contributed by atoms with Crippen LogP contribution in [-0.2, 0) is 4.74 Å². The van der Waals surface area contributed by atoms with Crippen LogP contribution in [0.4, 0.5) is 0 Å². The van der Waals surface area contributed by atoms with Crippen molar-refractivity contribution in [3.05, 3.63) is 17.5 Å². The van der Waals surface area contributed by atoms with E-state index in [-0.39, 0.29) is 0 Å². The second kappa shape index (κ2) is 6.78. The number of hydrogen-bond acceptors (Lipinski definition) is 3. The number of hydrogen-bond donors (Lipinski definition) is 0. The second-order valence-electron chi connectivity index (χ2n) is 2.08. The van der Waals surface area contributed by atoms with E-state index >= 15 is 0 Å². The van der Waals surface area contributed by atoms with E-state index in [1.807, 2.05) is 11.8 Å². The zero-order chi connectivity index (χ0) is 8.65. The molecule has 0 unspecified atom stereocenters. The van der Waals surface area contributed by atoms with Gasteiger partial charge in [0.1, 0.15) is 0 Å². The molecule has 0 saturated heterocycles. The van der Waals surface area contributed by atoms with Crippen molar-refractivity contribution in [1.29, 1.82) is 0 Å². The summed E-state index contributed by atoms with van der Waals surface area (Å²) in [6.07, 6.45) is 0. The normalized spacial score (nSPS) is 10.4. The topological polar surface area (TPSA) is 9.23 Å². The van der Waals surface area contributed by atoms with Gasteiger partial charge in [0, 0.05) is 11.6 Å². The highest BCUT2D eigenvalue weighted by molar-refractivity contribution is 8.01. The lowest BCUT2D eigenvalue weighted by molar-refractivity contribution is 0.166. The number of rotatable bonds is 6. The average Bonchev–Trinajstić information content (AvgIpc) is 2.57. The number of thioether (sulfide) groups is 1. The molecule has 0 aromatic carbocycles. The molecule has 0 aliphatic heterocycles. The fourth-order valence-electron chi connectivity index (χ4n) is 0.703. The van der Waals surface area contributed by atoms with Crippen molar-refractivity contribution < 1.29 is 4.74 Å². The quantitative estimate of drug-likeness (QED) is 0.416. The van der Waals surface area contributed by atoms with Crippen molar-refractivity contribution in [1.82, 2.24) is 0 Å². The first kappa shape index (κ1) is 10.4. The summed E-state index contributed by atoms with van der Waals surface area (Å²) in [5.41, 5.74) is 0. The summed E-state index contributed by atoms with van der Waals surface area (Å²) in [6.45, 7) is 1.45. The number of thiophene rings is 1. The van der Waals surface area contributed by atoms with Gasteiger partial charge in [0.15, 0.2) is 0 Å². The summed E-state index contributed by atoms with van der Waals surface area (Å²) in [7, 11) is 0. The van der Waals surface area contributed by atoms with Crippen molar-refractivity contribution in [3.8, 4) is 0 Å². The van der Waals surface area contributed by atoms with Crippen LogP contribution in [0.3, 0.4) is 0 Å². The van der Waals surface area contributed by atoms with Gasteiger partial charge < -0.3 is 4.74 Å². The predicted molar refractivity (Wildman–Crippen MR) is 56.6 cm³/mol. The van der Waals surface area contributed by atoms with E-state index in [1.54, 1.807) is 11.3 Å². The first-order valence-electron chi connectivity index (χ1n) is 3.73. The predicted octanol–water partition coefficient (Wildman–Crippen LogP) is 3.10. The van der Waals surface area contributed by atoms with E-state index < -0.39 is 0 Å². The van der Waals surface area contributed by atoms with Crippen LogP contribution >= 0.6 is 34.7 Å². The van der Waals surface area contributed by atoms with E-state index in [9.17, 15) is 0 Å². The Hall–Kier alpha value is 0.300. The summed E-state index contributed by atoms with van der Waals surface area (Å²) in [5, 5.41) is 2.09. The maximum absolute atomic E-state index is 5.45. The van der Waals surface area contributed by atoms with Crippen LogP contribution < -0.4 is 0 Å². The van der Waals surface area contributed by atoms with E-state index in [1.165, 1.54) is 4.21 Å². The molecule has 0 bridgehead atoms. The maximum Gasteiger partial charge on any atom is 0.0602 e. The third-order valence-electron chi connectivity index (χ3n) is 1.19. The molecule has 1 nitrogen and oxygen atoms in total. The Morgan fingerprint density at radius 1 is 1.50 bits per heavy atom. The Morgan fingerprint density at radius 3 is 3.08 bits per heavy atom. The van der Waals surface area contributed by atoms with Gasteiger partial charge in [0.25, 0.3) is 0 Å². The highest BCUT2D eigenvalue weighted by Crippen LogP contribution is 2.22. The molecule has 0 aliphatic rings. The lowest BCUT2D eigenvalue weighted by Crippen LogP contribution is -1.99. The molecule has 0 aliphatic carbocycles. The molecule has 1 aromatic rings. The maximum atomic E-state index is 5.45. The fourth-order valence-corrected chi connectivity index (χ4v) is 2.53. The standard InChI is InChI=1S/C8H11ClOS2/c9-3-4-10-5-7-12-8-2-1-6-11-8/h1-2,6H,3-5,7H2. The SMILES string of the molecule is ClCCOCCSc1cccs1. The molecule has 0 N–H and O–H groups in total. The van der Waals surface area contributed by atoms with Crippen molar-refractivity contribution in [2.45, 2.75) is 4.21 Å². The van der Waals surface area contributed by atoms with E-state index in [0.717, 1.165) is 12.4 Å².